The smallest absolute Gasteiger partial charge is 0.273 e. The normalized spacial score (nSPS) is 15.9. The van der Waals surface area contributed by atoms with E-state index < -0.39 is 5.54 Å². The minimum atomic E-state index is -0.504. The fourth-order valence-electron chi connectivity index (χ4n) is 3.40. The monoisotopic (exact) mass is 377 g/mol. The fourth-order valence-corrected chi connectivity index (χ4v) is 3.40. The highest BCUT2D eigenvalue weighted by atomic mass is 35.5. The second kappa shape index (κ2) is 7.05. The summed E-state index contributed by atoms with van der Waals surface area (Å²) in [6.07, 6.45) is 4.17. The van der Waals surface area contributed by atoms with E-state index in [9.17, 15) is 9.59 Å². The molecule has 26 heavy (non-hydrogen) atoms. The third-order valence-electron chi connectivity index (χ3n) is 4.84. The Morgan fingerprint density at radius 2 is 1.88 bits per heavy atom. The molecule has 4 rings (SSSR count). The van der Waals surface area contributed by atoms with Gasteiger partial charge in [-0.2, -0.15) is 4.98 Å². The SMILES string of the molecule is Cl.NC1(c2noc(CCn3[nH]c(=O)c4ccccc4c3=O)n2)CCCC1. The van der Waals surface area contributed by atoms with Crippen LogP contribution in [0.25, 0.3) is 10.8 Å². The van der Waals surface area contributed by atoms with Gasteiger partial charge in [0.2, 0.25) is 5.89 Å². The number of aromatic amines is 1. The van der Waals surface area contributed by atoms with Gasteiger partial charge in [-0.1, -0.05) is 30.1 Å². The Hall–Kier alpha value is -2.45. The summed E-state index contributed by atoms with van der Waals surface area (Å²) < 4.78 is 6.55. The van der Waals surface area contributed by atoms with E-state index in [4.69, 9.17) is 10.3 Å². The van der Waals surface area contributed by atoms with E-state index in [0.29, 0.717) is 28.9 Å². The Labute approximate surface area is 154 Å². The van der Waals surface area contributed by atoms with Gasteiger partial charge in [-0.25, -0.2) is 4.68 Å². The highest BCUT2D eigenvalue weighted by molar-refractivity contribution is 5.85. The summed E-state index contributed by atoms with van der Waals surface area (Å²) >= 11 is 0. The lowest BCUT2D eigenvalue weighted by molar-refractivity contribution is 0.343. The van der Waals surface area contributed by atoms with Crippen molar-refractivity contribution in [3.05, 3.63) is 56.7 Å². The summed E-state index contributed by atoms with van der Waals surface area (Å²) in [5, 5.41) is 7.37. The van der Waals surface area contributed by atoms with Crippen LogP contribution in [0.15, 0.2) is 38.4 Å². The van der Waals surface area contributed by atoms with E-state index >= 15 is 0 Å². The lowest BCUT2D eigenvalue weighted by atomic mass is 9.99. The van der Waals surface area contributed by atoms with Crippen LogP contribution in [0.3, 0.4) is 0 Å². The van der Waals surface area contributed by atoms with Gasteiger partial charge in [-0.15, -0.1) is 12.4 Å². The standard InChI is InChI=1S/C17H19N5O3.ClH/c18-17(8-3-4-9-17)16-19-13(25-21-16)7-10-22-15(24)12-6-2-1-5-11(12)14(23)20-22;/h1-2,5-6H,3-4,7-10,18H2,(H,20,23);1H. The summed E-state index contributed by atoms with van der Waals surface area (Å²) in [4.78, 5) is 29.0. The van der Waals surface area contributed by atoms with Gasteiger partial charge in [0.05, 0.1) is 22.9 Å². The molecule has 0 atom stereocenters. The summed E-state index contributed by atoms with van der Waals surface area (Å²) in [6.45, 7) is 0.248. The number of hydrogen-bond acceptors (Lipinski definition) is 6. The average Bonchev–Trinajstić information content (AvgIpc) is 3.27. The van der Waals surface area contributed by atoms with E-state index in [1.54, 1.807) is 24.3 Å². The molecule has 9 heteroatoms. The summed E-state index contributed by atoms with van der Waals surface area (Å²) in [5.74, 6) is 0.937. The van der Waals surface area contributed by atoms with Gasteiger partial charge < -0.3 is 10.3 Å². The van der Waals surface area contributed by atoms with E-state index in [1.165, 1.54) is 4.68 Å². The van der Waals surface area contributed by atoms with E-state index in [-0.39, 0.29) is 30.1 Å². The topological polar surface area (TPSA) is 120 Å². The predicted molar refractivity (Wildman–Crippen MR) is 98.4 cm³/mol. The molecule has 0 aliphatic heterocycles. The lowest BCUT2D eigenvalue weighted by Gasteiger charge is -2.17. The molecule has 1 saturated carbocycles. The molecule has 0 unspecified atom stereocenters. The van der Waals surface area contributed by atoms with Gasteiger partial charge in [-0.05, 0) is 25.0 Å². The molecule has 3 N–H and O–H groups in total. The van der Waals surface area contributed by atoms with Crippen LogP contribution in [-0.4, -0.2) is 19.9 Å². The number of halogens is 1. The Balaban J connectivity index is 0.00000196. The number of H-pyrrole nitrogens is 1. The number of benzene rings is 1. The van der Waals surface area contributed by atoms with E-state index in [0.717, 1.165) is 25.7 Å². The quantitative estimate of drug-likeness (QED) is 0.710. The van der Waals surface area contributed by atoms with Gasteiger partial charge in [-0.3, -0.25) is 14.7 Å². The Morgan fingerprint density at radius 3 is 2.62 bits per heavy atom. The molecule has 0 saturated heterocycles. The molecule has 1 aromatic carbocycles. The van der Waals surface area contributed by atoms with Crippen molar-refractivity contribution in [1.29, 1.82) is 0 Å². The largest absolute Gasteiger partial charge is 0.339 e. The van der Waals surface area contributed by atoms with Crippen LogP contribution in [0.2, 0.25) is 0 Å². The van der Waals surface area contributed by atoms with Crippen molar-refractivity contribution in [2.24, 2.45) is 5.73 Å². The first-order valence-electron chi connectivity index (χ1n) is 8.41. The summed E-state index contributed by atoms with van der Waals surface area (Å²) in [5.41, 5.74) is 5.27. The lowest BCUT2D eigenvalue weighted by Crippen LogP contribution is -2.34. The molecular formula is C17H20ClN5O3. The number of nitrogens with one attached hydrogen (secondary N) is 1. The van der Waals surface area contributed by atoms with Gasteiger partial charge in [0.25, 0.3) is 11.1 Å². The zero-order valence-electron chi connectivity index (χ0n) is 14.1. The zero-order chi connectivity index (χ0) is 17.4. The first-order valence-corrected chi connectivity index (χ1v) is 8.41. The van der Waals surface area contributed by atoms with Crippen LogP contribution in [0, 0.1) is 0 Å². The van der Waals surface area contributed by atoms with Crippen molar-refractivity contribution in [3.63, 3.8) is 0 Å². The third-order valence-corrected chi connectivity index (χ3v) is 4.84. The fraction of sp³-hybridized carbons (Fsp3) is 0.412. The highest BCUT2D eigenvalue weighted by Gasteiger charge is 2.35. The van der Waals surface area contributed by atoms with Gasteiger partial charge >= 0.3 is 0 Å². The molecule has 1 aliphatic carbocycles. The average molecular weight is 378 g/mol. The molecule has 3 aromatic rings. The predicted octanol–water partition coefficient (Wildman–Crippen LogP) is 1.47. The summed E-state index contributed by atoms with van der Waals surface area (Å²) in [7, 11) is 0. The molecule has 138 valence electrons. The highest BCUT2D eigenvalue weighted by Crippen LogP contribution is 2.34. The third kappa shape index (κ3) is 3.17. The number of nitrogens with zero attached hydrogens (tertiary/aromatic N) is 3. The van der Waals surface area contributed by atoms with Crippen molar-refractivity contribution in [2.45, 2.75) is 44.2 Å². The van der Waals surface area contributed by atoms with Crippen molar-refractivity contribution < 1.29 is 4.52 Å². The Bertz CT molecular complexity index is 1030. The van der Waals surface area contributed by atoms with E-state index in [2.05, 4.69) is 15.2 Å². The maximum absolute atomic E-state index is 12.5. The number of aromatic nitrogens is 4. The Morgan fingerprint density at radius 1 is 1.19 bits per heavy atom. The van der Waals surface area contributed by atoms with Gasteiger partial charge in [0.1, 0.15) is 0 Å². The van der Waals surface area contributed by atoms with Crippen LogP contribution < -0.4 is 16.9 Å². The van der Waals surface area contributed by atoms with Crippen LogP contribution >= 0.6 is 12.4 Å². The minimum Gasteiger partial charge on any atom is -0.339 e. The van der Waals surface area contributed by atoms with Crippen LogP contribution in [-0.2, 0) is 18.5 Å². The second-order valence-corrected chi connectivity index (χ2v) is 6.57. The van der Waals surface area contributed by atoms with Gasteiger partial charge in [0, 0.05) is 6.42 Å². The van der Waals surface area contributed by atoms with Crippen molar-refractivity contribution in [2.75, 3.05) is 0 Å². The molecule has 1 fully saturated rings. The molecule has 2 heterocycles. The van der Waals surface area contributed by atoms with E-state index in [1.807, 2.05) is 0 Å². The van der Waals surface area contributed by atoms with Crippen LogP contribution in [0.4, 0.5) is 0 Å². The second-order valence-electron chi connectivity index (χ2n) is 6.57. The number of hydrogen-bond donors (Lipinski definition) is 2. The maximum atomic E-state index is 12.5. The first kappa shape index (κ1) is 18.3. The molecule has 0 bridgehead atoms. The van der Waals surface area contributed by atoms with Crippen molar-refractivity contribution >= 4 is 23.2 Å². The van der Waals surface area contributed by atoms with Gasteiger partial charge in [0.15, 0.2) is 5.82 Å². The maximum Gasteiger partial charge on any atom is 0.273 e. The molecule has 0 spiro atoms. The summed E-state index contributed by atoms with van der Waals surface area (Å²) in [6, 6.07) is 6.74. The minimum absolute atomic E-state index is 0. The number of nitrogens with two attached hydrogens (primary N) is 1. The number of rotatable bonds is 4. The van der Waals surface area contributed by atoms with Crippen LogP contribution in [0.1, 0.15) is 37.4 Å². The Kier molecular flexibility index (Phi) is 4.97. The molecule has 0 amide bonds. The molecular weight excluding hydrogens is 358 g/mol. The molecule has 0 radical (unpaired) electrons. The molecule has 1 aliphatic rings. The van der Waals surface area contributed by atoms with Crippen molar-refractivity contribution in [3.8, 4) is 0 Å². The number of aryl methyl sites for hydroxylation is 2. The zero-order valence-corrected chi connectivity index (χ0v) is 14.9. The number of fused-ring (bicyclic) bond motifs is 1. The van der Waals surface area contributed by atoms with Crippen LogP contribution in [0.5, 0.6) is 0 Å². The van der Waals surface area contributed by atoms with Crippen molar-refractivity contribution in [1.82, 2.24) is 19.9 Å². The molecule has 2 aromatic heterocycles. The first-order chi connectivity index (χ1) is 12.1. The molecule has 8 nitrogen and oxygen atoms in total.